The van der Waals surface area contributed by atoms with Crippen molar-refractivity contribution in [2.24, 2.45) is 10.8 Å². The third-order valence-electron chi connectivity index (χ3n) is 12.1. The number of nitrogens with one attached hydrogen (secondary N) is 2. The first-order chi connectivity index (χ1) is 32.3. The maximum Gasteiger partial charge on any atom is 0.328 e. The predicted octanol–water partition coefficient (Wildman–Crippen LogP) is 8.75. The molecule has 0 saturated carbocycles. The Balaban J connectivity index is 0.000000201. The molecule has 14 nitrogen and oxygen atoms in total. The number of para-hydroxylation sites is 2. The Bertz CT molecular complexity index is 2680. The lowest BCUT2D eigenvalue weighted by atomic mass is 9.88. The van der Waals surface area contributed by atoms with Crippen LogP contribution in [0.15, 0.2) is 97.1 Å². The Morgan fingerprint density at radius 3 is 1.19 bits per heavy atom. The van der Waals surface area contributed by atoms with Crippen LogP contribution in [0.2, 0.25) is 0 Å². The highest BCUT2D eigenvalue weighted by Crippen LogP contribution is 2.43. The van der Waals surface area contributed by atoms with Crippen molar-refractivity contribution in [2.45, 2.75) is 78.6 Å². The van der Waals surface area contributed by atoms with Crippen LogP contribution in [0.3, 0.4) is 0 Å². The Labute approximate surface area is 404 Å². The molecule has 0 radical (unpaired) electrons. The van der Waals surface area contributed by atoms with Gasteiger partial charge in [0.1, 0.15) is 35.3 Å². The second-order valence-corrected chi connectivity index (χ2v) is 19.2. The molecule has 0 aliphatic carbocycles. The average Bonchev–Trinajstić information content (AvgIpc) is 3.90. The van der Waals surface area contributed by atoms with Crippen LogP contribution in [0.1, 0.15) is 87.3 Å². The summed E-state index contributed by atoms with van der Waals surface area (Å²) in [5.41, 5.74) is 5.59. The number of rotatable bonds is 8. The predicted molar refractivity (Wildman–Crippen MR) is 257 cm³/mol. The van der Waals surface area contributed by atoms with Crippen molar-refractivity contribution in [1.82, 2.24) is 19.8 Å². The molecule has 2 N–H and O–H groups in total. The summed E-state index contributed by atoms with van der Waals surface area (Å²) >= 11 is 11.9. The second-order valence-electron chi connectivity index (χ2n) is 18.7. The fourth-order valence-corrected chi connectivity index (χ4v) is 8.90. The monoisotopic (exact) mass is 964 g/mol. The standard InChI is InChI=1S/2C26H27ClN2O5/c2*1-26(2,3)25(32)34-16-11-9-15(10-12-16)23-22-18(17-7-5-6-8-19(17)28-22)13-20(24(31)33-4)29(23)21(30)14-27/h2*5-12,20,23,28H,13-14H2,1-4H3/t20-,23+;20-,23-/m11/s1. The molecule has 356 valence electrons. The van der Waals surface area contributed by atoms with E-state index in [0.717, 1.165) is 55.4 Å². The van der Waals surface area contributed by atoms with Crippen LogP contribution in [0.4, 0.5) is 0 Å². The van der Waals surface area contributed by atoms with E-state index in [1.807, 2.05) is 48.5 Å². The number of benzene rings is 4. The summed E-state index contributed by atoms with van der Waals surface area (Å²) in [4.78, 5) is 86.0. The molecule has 8 rings (SSSR count). The molecule has 2 amide bonds. The Hall–Kier alpha value is -6.64. The van der Waals surface area contributed by atoms with Gasteiger partial charge in [0.2, 0.25) is 11.8 Å². The van der Waals surface area contributed by atoms with Crippen molar-refractivity contribution in [3.8, 4) is 11.5 Å². The van der Waals surface area contributed by atoms with Gasteiger partial charge in [0.25, 0.3) is 0 Å². The third kappa shape index (κ3) is 9.84. The van der Waals surface area contributed by atoms with Gasteiger partial charge in [-0.3, -0.25) is 19.2 Å². The smallest absolute Gasteiger partial charge is 0.328 e. The molecular weight excluding hydrogens is 911 g/mol. The number of H-pyrrole nitrogens is 2. The number of fused-ring (bicyclic) bond motifs is 6. The minimum atomic E-state index is -0.827. The van der Waals surface area contributed by atoms with Gasteiger partial charge >= 0.3 is 23.9 Å². The number of esters is 4. The molecule has 0 saturated heterocycles. The normalized spacial score (nSPS) is 17.9. The molecule has 2 aromatic heterocycles. The van der Waals surface area contributed by atoms with Gasteiger partial charge in [0.15, 0.2) is 0 Å². The largest absolute Gasteiger partial charge is 0.467 e. The minimum absolute atomic E-state index is 0.277. The van der Waals surface area contributed by atoms with Gasteiger partial charge < -0.3 is 38.7 Å². The zero-order chi connectivity index (χ0) is 49.2. The molecule has 2 aliphatic heterocycles. The van der Waals surface area contributed by atoms with Crippen molar-refractivity contribution in [1.29, 1.82) is 0 Å². The molecule has 4 atom stereocenters. The first kappa shape index (κ1) is 49.3. The SMILES string of the molecule is COC(=O)[C@H]1Cc2c([nH]c3ccccc23)[C@@H](c2ccc(OC(=O)C(C)(C)C)cc2)N1C(=O)CCl.COC(=O)[C@H]1Cc2c([nH]c3ccccc23)[C@H](c2ccc(OC(=O)C(C)(C)C)cc2)N1C(=O)CCl. The number of hydrogen-bond acceptors (Lipinski definition) is 10. The third-order valence-corrected chi connectivity index (χ3v) is 12.5. The number of aromatic nitrogens is 2. The van der Waals surface area contributed by atoms with Crippen LogP contribution < -0.4 is 9.47 Å². The van der Waals surface area contributed by atoms with E-state index in [2.05, 4.69) is 9.97 Å². The maximum atomic E-state index is 13.0. The average molecular weight is 966 g/mol. The number of aromatic amines is 2. The van der Waals surface area contributed by atoms with Crippen LogP contribution in [0, 0.1) is 10.8 Å². The molecule has 68 heavy (non-hydrogen) atoms. The van der Waals surface area contributed by atoms with Gasteiger partial charge in [-0.15, -0.1) is 23.2 Å². The second kappa shape index (κ2) is 19.9. The quantitative estimate of drug-likeness (QED) is 0.0852. The van der Waals surface area contributed by atoms with Crippen molar-refractivity contribution in [3.05, 3.63) is 131 Å². The molecule has 0 fully saturated rings. The fourth-order valence-electron chi connectivity index (χ4n) is 8.62. The number of amides is 2. The lowest BCUT2D eigenvalue weighted by Gasteiger charge is -2.40. The summed E-state index contributed by atoms with van der Waals surface area (Å²) in [5.74, 6) is -2.22. The van der Waals surface area contributed by atoms with Gasteiger partial charge in [-0.05, 0) is 100 Å². The Morgan fingerprint density at radius 1 is 0.544 bits per heavy atom. The minimum Gasteiger partial charge on any atom is -0.467 e. The number of hydrogen-bond donors (Lipinski definition) is 2. The number of nitrogens with zero attached hydrogens (tertiary/aromatic N) is 2. The molecule has 0 bridgehead atoms. The molecule has 4 heterocycles. The van der Waals surface area contributed by atoms with E-state index in [1.165, 1.54) is 24.0 Å². The van der Waals surface area contributed by atoms with E-state index in [9.17, 15) is 28.8 Å². The fraction of sp³-hybridized carbons (Fsp3) is 0.346. The summed E-state index contributed by atoms with van der Waals surface area (Å²) in [6, 6.07) is 26.7. The molecule has 4 aromatic carbocycles. The van der Waals surface area contributed by atoms with Crippen molar-refractivity contribution < 1.29 is 47.7 Å². The first-order valence-corrected chi connectivity index (χ1v) is 23.1. The summed E-state index contributed by atoms with van der Waals surface area (Å²) in [5, 5.41) is 1.98. The van der Waals surface area contributed by atoms with Crippen molar-refractivity contribution in [2.75, 3.05) is 26.0 Å². The highest BCUT2D eigenvalue weighted by atomic mass is 35.5. The van der Waals surface area contributed by atoms with Gasteiger partial charge in [-0.1, -0.05) is 60.7 Å². The van der Waals surface area contributed by atoms with E-state index in [1.54, 1.807) is 90.1 Å². The lowest BCUT2D eigenvalue weighted by molar-refractivity contribution is -0.154. The summed E-state index contributed by atoms with van der Waals surface area (Å²) in [6.45, 7) is 10.7. The highest BCUT2D eigenvalue weighted by molar-refractivity contribution is 6.28. The van der Waals surface area contributed by atoms with E-state index < -0.39 is 46.9 Å². The van der Waals surface area contributed by atoms with Gasteiger partial charge in [-0.25, -0.2) is 9.59 Å². The zero-order valence-corrected chi connectivity index (χ0v) is 40.6. The number of carbonyl (C=O) groups excluding carboxylic acids is 6. The van der Waals surface area contributed by atoms with Crippen molar-refractivity contribution >= 4 is 80.7 Å². The molecular formula is C52H54Cl2N4O10. The van der Waals surface area contributed by atoms with Gasteiger partial charge in [0, 0.05) is 46.0 Å². The molecule has 16 heteroatoms. The summed E-state index contributed by atoms with van der Waals surface area (Å²) in [7, 11) is 2.62. The van der Waals surface area contributed by atoms with E-state index in [0.29, 0.717) is 24.3 Å². The summed E-state index contributed by atoms with van der Waals surface area (Å²) < 4.78 is 21.1. The summed E-state index contributed by atoms with van der Waals surface area (Å²) in [6.07, 6.45) is 0.624. The van der Waals surface area contributed by atoms with Crippen LogP contribution in [0.25, 0.3) is 21.8 Å². The number of methoxy groups -OCH3 is 2. The lowest BCUT2D eigenvalue weighted by Crippen LogP contribution is -2.52. The maximum absolute atomic E-state index is 13.0. The number of ether oxygens (including phenoxy) is 4. The zero-order valence-electron chi connectivity index (χ0n) is 39.1. The molecule has 2 aliphatic rings. The van der Waals surface area contributed by atoms with Gasteiger partial charge in [0.05, 0.1) is 37.1 Å². The van der Waals surface area contributed by atoms with Crippen LogP contribution in [-0.2, 0) is 51.1 Å². The van der Waals surface area contributed by atoms with E-state index >= 15 is 0 Å². The van der Waals surface area contributed by atoms with E-state index in [-0.39, 0.29) is 35.5 Å². The molecule has 6 aromatic rings. The highest BCUT2D eigenvalue weighted by Gasteiger charge is 2.45. The number of carbonyl (C=O) groups is 6. The molecule has 0 spiro atoms. The Kier molecular flexibility index (Phi) is 14.4. The van der Waals surface area contributed by atoms with Crippen LogP contribution in [0.5, 0.6) is 11.5 Å². The number of halogens is 2. The topological polar surface area (TPSA) is 177 Å². The van der Waals surface area contributed by atoms with E-state index in [4.69, 9.17) is 42.1 Å². The van der Waals surface area contributed by atoms with Crippen LogP contribution >= 0.6 is 23.2 Å². The molecule has 0 unspecified atom stereocenters. The van der Waals surface area contributed by atoms with Crippen molar-refractivity contribution in [3.63, 3.8) is 0 Å². The Morgan fingerprint density at radius 2 is 0.882 bits per heavy atom. The first-order valence-electron chi connectivity index (χ1n) is 22.0. The van der Waals surface area contributed by atoms with Gasteiger partial charge in [-0.2, -0.15) is 0 Å². The number of alkyl halides is 2. The van der Waals surface area contributed by atoms with Crippen LogP contribution in [-0.4, -0.2) is 93.5 Å².